The SMILES string of the molecule is Cc1ccc(NC(=O)N2CCCC2C(=O)Nc2nnc(-c3cccc(Cl)c3)s2)cc1. The molecular formula is C21H20ClN5O2S. The molecule has 1 aliphatic heterocycles. The lowest BCUT2D eigenvalue weighted by Gasteiger charge is -2.23. The van der Waals surface area contributed by atoms with Gasteiger partial charge in [0, 0.05) is 22.8 Å². The summed E-state index contributed by atoms with van der Waals surface area (Å²) in [7, 11) is 0. The number of aryl methyl sites for hydroxylation is 1. The Labute approximate surface area is 183 Å². The van der Waals surface area contributed by atoms with Crippen molar-refractivity contribution >= 4 is 45.7 Å². The molecule has 30 heavy (non-hydrogen) atoms. The van der Waals surface area contributed by atoms with Crippen LogP contribution in [0.5, 0.6) is 0 Å². The van der Waals surface area contributed by atoms with Gasteiger partial charge in [0.05, 0.1) is 0 Å². The second kappa shape index (κ2) is 8.81. The van der Waals surface area contributed by atoms with Crippen LogP contribution in [0.3, 0.4) is 0 Å². The Morgan fingerprint density at radius 3 is 2.70 bits per heavy atom. The van der Waals surface area contributed by atoms with Crippen LogP contribution in [0, 0.1) is 6.92 Å². The van der Waals surface area contributed by atoms with Crippen LogP contribution < -0.4 is 10.6 Å². The predicted octanol–water partition coefficient (Wildman–Crippen LogP) is 4.80. The van der Waals surface area contributed by atoms with Crippen LogP contribution in [-0.2, 0) is 4.79 Å². The number of anilines is 2. The van der Waals surface area contributed by atoms with Gasteiger partial charge in [0.2, 0.25) is 11.0 Å². The van der Waals surface area contributed by atoms with Crippen molar-refractivity contribution in [3.63, 3.8) is 0 Å². The van der Waals surface area contributed by atoms with E-state index in [1.54, 1.807) is 17.0 Å². The number of rotatable bonds is 4. The van der Waals surface area contributed by atoms with Crippen molar-refractivity contribution in [1.82, 2.24) is 15.1 Å². The molecule has 9 heteroatoms. The zero-order chi connectivity index (χ0) is 21.1. The third-order valence-corrected chi connectivity index (χ3v) is 5.97. The molecular weight excluding hydrogens is 422 g/mol. The highest BCUT2D eigenvalue weighted by Gasteiger charge is 2.34. The van der Waals surface area contributed by atoms with Gasteiger partial charge in [-0.25, -0.2) is 4.79 Å². The minimum Gasteiger partial charge on any atom is -0.312 e. The second-order valence-corrected chi connectivity index (χ2v) is 8.47. The first-order valence-electron chi connectivity index (χ1n) is 9.54. The van der Waals surface area contributed by atoms with Crippen LogP contribution in [0.15, 0.2) is 48.5 Å². The average Bonchev–Trinajstić information content (AvgIpc) is 3.39. The van der Waals surface area contributed by atoms with Crippen LogP contribution >= 0.6 is 22.9 Å². The van der Waals surface area contributed by atoms with Gasteiger partial charge >= 0.3 is 6.03 Å². The Balaban J connectivity index is 1.41. The Morgan fingerprint density at radius 1 is 1.13 bits per heavy atom. The van der Waals surface area contributed by atoms with Crippen LogP contribution in [0.1, 0.15) is 18.4 Å². The molecule has 2 aromatic carbocycles. The van der Waals surface area contributed by atoms with Gasteiger partial charge in [-0.3, -0.25) is 10.1 Å². The summed E-state index contributed by atoms with van der Waals surface area (Å²) in [5, 5.41) is 15.5. The number of aromatic nitrogens is 2. The van der Waals surface area contributed by atoms with Gasteiger partial charge in [-0.15, -0.1) is 10.2 Å². The van der Waals surface area contributed by atoms with Crippen LogP contribution in [-0.4, -0.2) is 39.6 Å². The minimum absolute atomic E-state index is 0.264. The van der Waals surface area contributed by atoms with Crippen molar-refractivity contribution in [2.75, 3.05) is 17.2 Å². The van der Waals surface area contributed by atoms with Crippen LogP contribution in [0.2, 0.25) is 5.02 Å². The largest absolute Gasteiger partial charge is 0.322 e. The first kappa shape index (κ1) is 20.3. The summed E-state index contributed by atoms with van der Waals surface area (Å²) in [6.07, 6.45) is 1.37. The van der Waals surface area contributed by atoms with Crippen molar-refractivity contribution in [2.24, 2.45) is 0 Å². The first-order valence-corrected chi connectivity index (χ1v) is 10.7. The molecule has 1 atom stereocenters. The Hall–Kier alpha value is -2.97. The third kappa shape index (κ3) is 4.60. The van der Waals surface area contributed by atoms with Gasteiger partial charge in [-0.05, 0) is 44.0 Å². The fourth-order valence-corrected chi connectivity index (χ4v) is 4.25. The molecule has 0 radical (unpaired) electrons. The monoisotopic (exact) mass is 441 g/mol. The number of nitrogens with one attached hydrogen (secondary N) is 2. The van der Waals surface area contributed by atoms with E-state index in [4.69, 9.17) is 11.6 Å². The van der Waals surface area contributed by atoms with E-state index in [0.29, 0.717) is 33.8 Å². The topological polar surface area (TPSA) is 87.2 Å². The van der Waals surface area contributed by atoms with Gasteiger partial charge in [-0.1, -0.05) is 52.8 Å². The molecule has 154 valence electrons. The van der Waals surface area contributed by atoms with Crippen LogP contribution in [0.4, 0.5) is 15.6 Å². The molecule has 4 rings (SSSR count). The second-order valence-electron chi connectivity index (χ2n) is 7.06. The molecule has 7 nitrogen and oxygen atoms in total. The van der Waals surface area contributed by atoms with E-state index in [0.717, 1.165) is 17.5 Å². The fourth-order valence-electron chi connectivity index (χ4n) is 3.32. The lowest BCUT2D eigenvalue weighted by Crippen LogP contribution is -2.45. The number of carbonyl (C=O) groups is 2. The van der Waals surface area contributed by atoms with E-state index in [1.807, 2.05) is 43.3 Å². The maximum Gasteiger partial charge on any atom is 0.322 e. The zero-order valence-electron chi connectivity index (χ0n) is 16.3. The predicted molar refractivity (Wildman–Crippen MR) is 119 cm³/mol. The highest BCUT2D eigenvalue weighted by atomic mass is 35.5. The normalized spacial score (nSPS) is 15.8. The van der Waals surface area contributed by atoms with E-state index in [-0.39, 0.29) is 11.9 Å². The van der Waals surface area contributed by atoms with Gasteiger partial charge in [-0.2, -0.15) is 0 Å². The molecule has 2 N–H and O–H groups in total. The summed E-state index contributed by atoms with van der Waals surface area (Å²) in [5.74, 6) is -0.264. The maximum atomic E-state index is 12.8. The molecule has 1 saturated heterocycles. The number of halogens is 1. The van der Waals surface area contributed by atoms with Crippen molar-refractivity contribution < 1.29 is 9.59 Å². The van der Waals surface area contributed by atoms with Crippen LogP contribution in [0.25, 0.3) is 10.6 Å². The minimum atomic E-state index is -0.547. The maximum absolute atomic E-state index is 12.8. The first-order chi connectivity index (χ1) is 14.5. The molecule has 1 unspecified atom stereocenters. The van der Waals surface area contributed by atoms with E-state index in [9.17, 15) is 9.59 Å². The lowest BCUT2D eigenvalue weighted by molar-refractivity contribution is -0.119. The number of urea groups is 1. The van der Waals surface area contributed by atoms with Crippen molar-refractivity contribution in [3.8, 4) is 10.6 Å². The molecule has 0 bridgehead atoms. The Kier molecular flexibility index (Phi) is 5.96. The summed E-state index contributed by atoms with van der Waals surface area (Å²) in [6.45, 7) is 2.51. The Bertz CT molecular complexity index is 1070. The molecule has 1 aromatic heterocycles. The number of hydrogen-bond donors (Lipinski definition) is 2. The molecule has 1 fully saturated rings. The number of nitrogens with zero attached hydrogens (tertiary/aromatic N) is 3. The molecule has 0 aliphatic carbocycles. The van der Waals surface area contributed by atoms with Gasteiger partial charge < -0.3 is 10.2 Å². The van der Waals surface area contributed by atoms with Gasteiger partial charge in [0.1, 0.15) is 11.0 Å². The third-order valence-electron chi connectivity index (χ3n) is 4.85. The summed E-state index contributed by atoms with van der Waals surface area (Å²) in [4.78, 5) is 27.1. The molecule has 3 amide bonds. The number of carbonyl (C=O) groups excluding carboxylic acids is 2. The standard InChI is InChI=1S/C21H20ClN5O2S/c1-13-7-9-16(10-8-13)23-21(29)27-11-3-6-17(27)18(28)24-20-26-25-19(30-20)14-4-2-5-15(22)12-14/h2,4-5,7-10,12,17H,3,6,11H2,1H3,(H,23,29)(H,24,26,28). The molecule has 0 spiro atoms. The number of likely N-dealkylation sites (tertiary alicyclic amines) is 1. The summed E-state index contributed by atoms with van der Waals surface area (Å²) in [6, 6.07) is 14.0. The lowest BCUT2D eigenvalue weighted by atomic mass is 10.2. The smallest absolute Gasteiger partial charge is 0.312 e. The molecule has 2 heterocycles. The number of amides is 3. The van der Waals surface area contributed by atoms with E-state index >= 15 is 0 Å². The van der Waals surface area contributed by atoms with E-state index in [1.165, 1.54) is 11.3 Å². The van der Waals surface area contributed by atoms with Gasteiger partial charge in [0.25, 0.3) is 0 Å². The fraction of sp³-hybridized carbons (Fsp3) is 0.238. The Morgan fingerprint density at radius 2 is 1.93 bits per heavy atom. The van der Waals surface area contributed by atoms with Gasteiger partial charge in [0.15, 0.2) is 0 Å². The molecule has 3 aromatic rings. The van der Waals surface area contributed by atoms with E-state index < -0.39 is 6.04 Å². The van der Waals surface area contributed by atoms with Crippen molar-refractivity contribution in [1.29, 1.82) is 0 Å². The number of benzene rings is 2. The summed E-state index contributed by atoms with van der Waals surface area (Å²) >= 11 is 7.29. The quantitative estimate of drug-likeness (QED) is 0.608. The zero-order valence-corrected chi connectivity index (χ0v) is 17.8. The summed E-state index contributed by atoms with van der Waals surface area (Å²) < 4.78 is 0. The highest BCUT2D eigenvalue weighted by molar-refractivity contribution is 7.18. The highest BCUT2D eigenvalue weighted by Crippen LogP contribution is 2.29. The molecule has 0 saturated carbocycles. The van der Waals surface area contributed by atoms with E-state index in [2.05, 4.69) is 20.8 Å². The van der Waals surface area contributed by atoms with Crippen molar-refractivity contribution in [3.05, 3.63) is 59.1 Å². The molecule has 1 aliphatic rings. The summed E-state index contributed by atoms with van der Waals surface area (Å²) in [5.41, 5.74) is 2.65. The average molecular weight is 442 g/mol. The number of hydrogen-bond acceptors (Lipinski definition) is 5. The van der Waals surface area contributed by atoms with Crippen molar-refractivity contribution in [2.45, 2.75) is 25.8 Å².